The number of carbonyl (C=O) groups excluding carboxylic acids is 1. The van der Waals surface area contributed by atoms with Crippen molar-refractivity contribution in [1.29, 1.82) is 0 Å². The summed E-state index contributed by atoms with van der Waals surface area (Å²) in [4.78, 5) is 11.4. The van der Waals surface area contributed by atoms with Gasteiger partial charge in [-0.15, -0.1) is 0 Å². The fraction of sp³-hybridized carbons (Fsp3) is 0.941. The second kappa shape index (κ2) is 18.2. The van der Waals surface area contributed by atoms with Crippen molar-refractivity contribution in [3.8, 4) is 0 Å². The Hall–Kier alpha value is 0.380. The minimum Gasteiger partial charge on any atom is -0.346 e. The molecule has 0 aliphatic carbocycles. The van der Waals surface area contributed by atoms with E-state index in [4.69, 9.17) is 5.73 Å². The molecular formula is C17H35NNaO4S. The van der Waals surface area contributed by atoms with Crippen LogP contribution in [0.3, 0.4) is 0 Å². The van der Waals surface area contributed by atoms with Gasteiger partial charge in [0.1, 0.15) is 0 Å². The summed E-state index contributed by atoms with van der Waals surface area (Å²) in [5.74, 6) is -0.970. The fourth-order valence-electron chi connectivity index (χ4n) is 2.48. The normalized spacial score (nSPS) is 11.1. The smallest absolute Gasteiger partial charge is 0.322 e. The predicted octanol–water partition coefficient (Wildman–Crippen LogP) is 3.53. The molecule has 0 aliphatic heterocycles. The third-order valence-electron chi connectivity index (χ3n) is 3.82. The Balaban J connectivity index is 0. The van der Waals surface area contributed by atoms with Crippen LogP contribution < -0.4 is 5.73 Å². The van der Waals surface area contributed by atoms with Crippen LogP contribution in [-0.4, -0.2) is 56.2 Å². The molecule has 5 nitrogen and oxygen atoms in total. The molecule has 0 amide bonds. The van der Waals surface area contributed by atoms with Gasteiger partial charge < -0.3 is 9.92 Å². The Kier molecular flexibility index (Phi) is 20.2. The molecule has 0 atom stereocenters. The summed E-state index contributed by atoms with van der Waals surface area (Å²) in [6, 6.07) is 0. The van der Waals surface area contributed by atoms with Crippen molar-refractivity contribution in [3.63, 3.8) is 0 Å². The van der Waals surface area contributed by atoms with E-state index in [1.54, 1.807) is 0 Å². The Bertz CT molecular complexity index is 388. The maximum absolute atomic E-state index is 11.4. The number of nitrogens with two attached hydrogens (primary N) is 1. The first kappa shape index (κ1) is 26.6. The van der Waals surface area contributed by atoms with Crippen molar-refractivity contribution in [3.05, 3.63) is 0 Å². The SMILES string of the molecule is CCCCCCCCCCCCCCC(=O)OS(=O)(=O)CCN.[Na]. The molecule has 0 unspecified atom stereocenters. The number of hydrogen-bond donors (Lipinski definition) is 1. The molecule has 0 saturated heterocycles. The molecular weight excluding hydrogens is 337 g/mol. The summed E-state index contributed by atoms with van der Waals surface area (Å²) in [6.45, 7) is 2.20. The van der Waals surface area contributed by atoms with E-state index in [-0.39, 0.29) is 48.3 Å². The summed E-state index contributed by atoms with van der Waals surface area (Å²) in [5, 5.41) is 0. The maximum atomic E-state index is 11.4. The molecule has 24 heavy (non-hydrogen) atoms. The van der Waals surface area contributed by atoms with Crippen LogP contribution in [0.5, 0.6) is 0 Å². The molecule has 0 bridgehead atoms. The minimum absolute atomic E-state index is 0. The van der Waals surface area contributed by atoms with Crippen LogP contribution in [0.15, 0.2) is 0 Å². The van der Waals surface area contributed by atoms with Crippen molar-refractivity contribution in [2.45, 2.75) is 90.4 Å². The minimum atomic E-state index is -3.77. The molecule has 2 N–H and O–H groups in total. The summed E-state index contributed by atoms with van der Waals surface area (Å²) < 4.78 is 26.9. The molecule has 1 radical (unpaired) electrons. The van der Waals surface area contributed by atoms with Gasteiger partial charge in [-0.2, -0.15) is 8.42 Å². The molecule has 7 heteroatoms. The van der Waals surface area contributed by atoms with Crippen molar-refractivity contribution >= 4 is 45.6 Å². The van der Waals surface area contributed by atoms with Crippen LogP contribution >= 0.6 is 0 Å². The van der Waals surface area contributed by atoms with Gasteiger partial charge >= 0.3 is 16.1 Å². The van der Waals surface area contributed by atoms with Gasteiger partial charge in [0.25, 0.3) is 0 Å². The van der Waals surface area contributed by atoms with Crippen LogP contribution in [0.25, 0.3) is 0 Å². The van der Waals surface area contributed by atoms with E-state index in [1.807, 2.05) is 0 Å². The topological polar surface area (TPSA) is 86.5 Å². The molecule has 0 aromatic rings. The quantitative estimate of drug-likeness (QED) is 0.254. The van der Waals surface area contributed by atoms with E-state index in [2.05, 4.69) is 11.1 Å². The number of unbranched alkanes of at least 4 members (excludes halogenated alkanes) is 11. The summed E-state index contributed by atoms with van der Waals surface area (Å²) in [6.07, 6.45) is 14.7. The number of carbonyl (C=O) groups is 1. The zero-order chi connectivity index (χ0) is 17.4. The van der Waals surface area contributed by atoms with Crippen LogP contribution in [0, 0.1) is 0 Å². The van der Waals surface area contributed by atoms with Gasteiger partial charge in [-0.3, -0.25) is 4.79 Å². The van der Waals surface area contributed by atoms with Crippen LogP contribution in [-0.2, 0) is 19.1 Å². The Morgan fingerprint density at radius 3 is 1.67 bits per heavy atom. The Labute approximate surface area is 170 Å². The van der Waals surface area contributed by atoms with Gasteiger partial charge in [-0.25, -0.2) is 0 Å². The average Bonchev–Trinajstić information content (AvgIpc) is 2.47. The standard InChI is InChI=1S/C17H35NO4S.Na/c1-2-3-4-5-6-7-8-9-10-11-12-13-14-17(19)22-23(20,21)16-15-18;/h2-16,18H2,1H3;. The van der Waals surface area contributed by atoms with E-state index in [0.29, 0.717) is 6.42 Å². The molecule has 0 saturated carbocycles. The second-order valence-corrected chi connectivity index (χ2v) is 7.84. The predicted molar refractivity (Wildman–Crippen MR) is 100 cm³/mol. The van der Waals surface area contributed by atoms with Crippen molar-refractivity contribution in [2.24, 2.45) is 5.73 Å². The molecule has 0 fully saturated rings. The molecule has 0 spiro atoms. The zero-order valence-corrected chi connectivity index (χ0v) is 18.5. The Morgan fingerprint density at radius 2 is 1.25 bits per heavy atom. The molecule has 0 heterocycles. The first-order chi connectivity index (χ1) is 11.0. The Morgan fingerprint density at radius 1 is 0.833 bits per heavy atom. The van der Waals surface area contributed by atoms with Crippen LogP contribution in [0.4, 0.5) is 0 Å². The average molecular weight is 373 g/mol. The van der Waals surface area contributed by atoms with Crippen molar-refractivity contribution in [1.82, 2.24) is 0 Å². The van der Waals surface area contributed by atoms with Crippen LogP contribution in [0.2, 0.25) is 0 Å². The molecule has 139 valence electrons. The molecule has 0 aromatic carbocycles. The van der Waals surface area contributed by atoms with Gasteiger partial charge in [-0.1, -0.05) is 77.6 Å². The van der Waals surface area contributed by atoms with E-state index in [0.717, 1.165) is 12.8 Å². The summed E-state index contributed by atoms with van der Waals surface area (Å²) in [5.41, 5.74) is 5.14. The number of hydrogen-bond acceptors (Lipinski definition) is 5. The molecule has 0 rings (SSSR count). The monoisotopic (exact) mass is 372 g/mol. The van der Waals surface area contributed by atoms with Crippen LogP contribution in [0.1, 0.15) is 90.4 Å². The first-order valence-electron chi connectivity index (χ1n) is 9.17. The van der Waals surface area contributed by atoms with Crippen molar-refractivity contribution < 1.29 is 17.4 Å². The summed E-state index contributed by atoms with van der Waals surface area (Å²) >= 11 is 0. The molecule has 0 aromatic heterocycles. The van der Waals surface area contributed by atoms with Gasteiger partial charge in [0.15, 0.2) is 0 Å². The van der Waals surface area contributed by atoms with E-state index < -0.39 is 16.1 Å². The number of rotatable bonds is 16. The van der Waals surface area contributed by atoms with Gasteiger partial charge in [0.2, 0.25) is 0 Å². The first-order valence-corrected chi connectivity index (χ1v) is 10.7. The largest absolute Gasteiger partial charge is 0.346 e. The van der Waals surface area contributed by atoms with Gasteiger partial charge in [0.05, 0.1) is 5.75 Å². The third kappa shape index (κ3) is 18.7. The maximum Gasteiger partial charge on any atom is 0.322 e. The van der Waals surface area contributed by atoms with E-state index in [1.165, 1.54) is 57.8 Å². The third-order valence-corrected chi connectivity index (χ3v) is 5.00. The second-order valence-electron chi connectivity index (χ2n) is 6.14. The van der Waals surface area contributed by atoms with E-state index in [9.17, 15) is 13.2 Å². The summed E-state index contributed by atoms with van der Waals surface area (Å²) in [7, 11) is -3.77. The van der Waals surface area contributed by atoms with Crippen molar-refractivity contribution in [2.75, 3.05) is 12.3 Å². The zero-order valence-electron chi connectivity index (χ0n) is 15.7. The fourth-order valence-corrected chi connectivity index (χ4v) is 3.22. The van der Waals surface area contributed by atoms with Gasteiger partial charge in [0, 0.05) is 42.5 Å². The molecule has 0 aliphatic rings. The van der Waals surface area contributed by atoms with Gasteiger partial charge in [-0.05, 0) is 6.42 Å². The van der Waals surface area contributed by atoms with E-state index >= 15 is 0 Å².